The third-order valence-corrected chi connectivity index (χ3v) is 5.14. The molecule has 0 saturated carbocycles. The van der Waals surface area contributed by atoms with Gasteiger partial charge >= 0.3 is 0 Å². The van der Waals surface area contributed by atoms with E-state index in [-0.39, 0.29) is 0 Å². The molecular weight excluding hydrogens is 296 g/mol. The average molecular weight is 316 g/mol. The van der Waals surface area contributed by atoms with Crippen LogP contribution in [-0.4, -0.2) is 44.6 Å². The van der Waals surface area contributed by atoms with Gasteiger partial charge in [0.05, 0.1) is 6.20 Å². The van der Waals surface area contributed by atoms with Crippen LogP contribution >= 0.6 is 0 Å². The predicted molar refractivity (Wildman–Crippen MR) is 87.0 cm³/mol. The summed E-state index contributed by atoms with van der Waals surface area (Å²) in [5, 5.41) is 11.5. The molecule has 0 aliphatic heterocycles. The second kappa shape index (κ2) is 5.97. The number of hydrogen-bond donors (Lipinski definition) is 1. The fourth-order valence-electron chi connectivity index (χ4n) is 2.17. The summed E-state index contributed by atoms with van der Waals surface area (Å²) in [5.74, 6) is 0. The SMILES string of the molecule is C[Si](C)(C)CCOCn1ccc2c(-c3cn[nH]n3)ncnc21. The lowest BCUT2D eigenvalue weighted by Crippen LogP contribution is -2.22. The first kappa shape index (κ1) is 14.9. The molecule has 116 valence electrons. The summed E-state index contributed by atoms with van der Waals surface area (Å²) in [5.41, 5.74) is 2.34. The van der Waals surface area contributed by atoms with E-state index in [1.165, 1.54) is 0 Å². The van der Waals surface area contributed by atoms with Crippen LogP contribution in [0.15, 0.2) is 24.8 Å². The molecule has 0 aromatic carbocycles. The van der Waals surface area contributed by atoms with Gasteiger partial charge in [-0.3, -0.25) is 0 Å². The zero-order valence-electron chi connectivity index (χ0n) is 13.1. The molecule has 3 heterocycles. The zero-order valence-corrected chi connectivity index (χ0v) is 14.1. The smallest absolute Gasteiger partial charge is 0.145 e. The first-order valence-corrected chi connectivity index (χ1v) is 11.0. The van der Waals surface area contributed by atoms with E-state index < -0.39 is 8.07 Å². The number of nitrogens with zero attached hydrogens (tertiary/aromatic N) is 5. The van der Waals surface area contributed by atoms with E-state index in [0.717, 1.165) is 29.4 Å². The fraction of sp³-hybridized carbons (Fsp3) is 0.429. The number of aromatic amines is 1. The Hall–Kier alpha value is -2.06. The van der Waals surface area contributed by atoms with Crippen LogP contribution in [0.1, 0.15) is 0 Å². The van der Waals surface area contributed by atoms with Gasteiger partial charge in [0.25, 0.3) is 0 Å². The standard InChI is InChI=1S/C14H20N6OSi/c1-22(2,3)7-6-21-10-20-5-4-11-13(12-8-17-19-18-12)15-9-16-14(11)20/h4-5,8-9H,6-7,10H2,1-3H3,(H,17,18,19). The predicted octanol–water partition coefficient (Wildman–Crippen LogP) is 2.53. The molecule has 0 atom stereocenters. The topological polar surface area (TPSA) is 81.5 Å². The first-order valence-electron chi connectivity index (χ1n) is 7.28. The van der Waals surface area contributed by atoms with Crippen LogP contribution < -0.4 is 0 Å². The Balaban J connectivity index is 1.77. The van der Waals surface area contributed by atoms with Crippen molar-refractivity contribution in [1.29, 1.82) is 0 Å². The maximum atomic E-state index is 5.80. The molecule has 1 N–H and O–H groups in total. The number of ether oxygens (including phenoxy) is 1. The van der Waals surface area contributed by atoms with Crippen molar-refractivity contribution in [1.82, 2.24) is 29.9 Å². The van der Waals surface area contributed by atoms with E-state index in [0.29, 0.717) is 12.4 Å². The van der Waals surface area contributed by atoms with Crippen LogP contribution in [0.2, 0.25) is 25.7 Å². The lowest BCUT2D eigenvalue weighted by molar-refractivity contribution is 0.0899. The normalized spacial score (nSPS) is 12.1. The van der Waals surface area contributed by atoms with E-state index in [1.54, 1.807) is 12.5 Å². The number of hydrogen-bond acceptors (Lipinski definition) is 5. The molecule has 0 aliphatic rings. The second-order valence-electron chi connectivity index (χ2n) is 6.45. The molecule has 0 spiro atoms. The second-order valence-corrected chi connectivity index (χ2v) is 12.1. The van der Waals surface area contributed by atoms with Crippen molar-refractivity contribution >= 4 is 19.1 Å². The molecule has 3 rings (SSSR count). The molecule has 3 aromatic heterocycles. The van der Waals surface area contributed by atoms with E-state index >= 15 is 0 Å². The summed E-state index contributed by atoms with van der Waals surface area (Å²) in [6, 6.07) is 3.15. The number of rotatable bonds is 6. The zero-order chi connectivity index (χ0) is 15.6. The molecule has 0 saturated heterocycles. The lowest BCUT2D eigenvalue weighted by Gasteiger charge is -2.15. The van der Waals surface area contributed by atoms with Crippen molar-refractivity contribution in [2.45, 2.75) is 32.4 Å². The third-order valence-electron chi connectivity index (χ3n) is 3.44. The van der Waals surface area contributed by atoms with Crippen molar-refractivity contribution in [3.8, 4) is 11.4 Å². The first-order chi connectivity index (χ1) is 10.5. The number of nitrogens with one attached hydrogen (secondary N) is 1. The molecule has 22 heavy (non-hydrogen) atoms. The highest BCUT2D eigenvalue weighted by Crippen LogP contribution is 2.23. The van der Waals surface area contributed by atoms with Gasteiger partial charge < -0.3 is 9.30 Å². The molecule has 0 aliphatic carbocycles. The van der Waals surface area contributed by atoms with E-state index in [4.69, 9.17) is 4.74 Å². The van der Waals surface area contributed by atoms with Crippen LogP contribution in [0, 0.1) is 0 Å². The summed E-state index contributed by atoms with van der Waals surface area (Å²) in [4.78, 5) is 8.67. The Morgan fingerprint density at radius 1 is 1.27 bits per heavy atom. The summed E-state index contributed by atoms with van der Waals surface area (Å²) in [6.45, 7) is 8.33. The molecule has 0 fully saturated rings. The Kier molecular flexibility index (Phi) is 4.03. The van der Waals surface area contributed by atoms with Crippen LogP contribution in [0.5, 0.6) is 0 Å². The van der Waals surface area contributed by atoms with Gasteiger partial charge in [0.2, 0.25) is 0 Å². The highest BCUT2D eigenvalue weighted by molar-refractivity contribution is 6.76. The molecule has 3 aromatic rings. The Bertz CT molecular complexity index is 746. The van der Waals surface area contributed by atoms with Crippen LogP contribution in [0.25, 0.3) is 22.4 Å². The van der Waals surface area contributed by atoms with Gasteiger partial charge in [0.15, 0.2) is 0 Å². The van der Waals surface area contributed by atoms with Crippen LogP contribution in [0.3, 0.4) is 0 Å². The van der Waals surface area contributed by atoms with Gasteiger partial charge in [0, 0.05) is 26.3 Å². The van der Waals surface area contributed by atoms with Gasteiger partial charge in [-0.1, -0.05) is 19.6 Å². The van der Waals surface area contributed by atoms with Crippen molar-refractivity contribution < 1.29 is 4.74 Å². The van der Waals surface area contributed by atoms with Gasteiger partial charge in [-0.2, -0.15) is 15.4 Å². The number of aromatic nitrogens is 6. The third kappa shape index (κ3) is 3.23. The van der Waals surface area contributed by atoms with Gasteiger partial charge in [0.1, 0.15) is 30.1 Å². The summed E-state index contributed by atoms with van der Waals surface area (Å²) < 4.78 is 7.79. The Morgan fingerprint density at radius 3 is 2.86 bits per heavy atom. The lowest BCUT2D eigenvalue weighted by atomic mass is 10.2. The highest BCUT2D eigenvalue weighted by atomic mass is 28.3. The molecule has 0 amide bonds. The molecule has 0 bridgehead atoms. The minimum absolute atomic E-state index is 0.503. The highest BCUT2D eigenvalue weighted by Gasteiger charge is 2.14. The van der Waals surface area contributed by atoms with Gasteiger partial charge in [-0.25, -0.2) is 9.97 Å². The van der Waals surface area contributed by atoms with E-state index in [1.807, 2.05) is 16.8 Å². The molecule has 7 nitrogen and oxygen atoms in total. The monoisotopic (exact) mass is 316 g/mol. The number of fused-ring (bicyclic) bond motifs is 1. The van der Waals surface area contributed by atoms with Crippen molar-refractivity contribution in [3.05, 3.63) is 24.8 Å². The summed E-state index contributed by atoms with van der Waals surface area (Å²) in [7, 11) is -1.06. The minimum Gasteiger partial charge on any atom is -0.361 e. The fourth-order valence-corrected chi connectivity index (χ4v) is 2.93. The quantitative estimate of drug-likeness (QED) is 0.558. The van der Waals surface area contributed by atoms with Crippen molar-refractivity contribution in [2.75, 3.05) is 6.61 Å². The summed E-state index contributed by atoms with van der Waals surface area (Å²) >= 11 is 0. The van der Waals surface area contributed by atoms with Gasteiger partial charge in [-0.15, -0.1) is 0 Å². The molecule has 8 heteroatoms. The van der Waals surface area contributed by atoms with Gasteiger partial charge in [-0.05, 0) is 12.1 Å². The summed E-state index contributed by atoms with van der Waals surface area (Å²) in [6.07, 6.45) is 5.17. The maximum absolute atomic E-state index is 5.80. The van der Waals surface area contributed by atoms with E-state index in [9.17, 15) is 0 Å². The molecular formula is C14H20N6OSi. The van der Waals surface area contributed by atoms with Crippen LogP contribution in [0.4, 0.5) is 0 Å². The van der Waals surface area contributed by atoms with E-state index in [2.05, 4.69) is 45.0 Å². The minimum atomic E-state index is -1.06. The molecule has 0 unspecified atom stereocenters. The number of H-pyrrole nitrogens is 1. The Labute approximate surface area is 129 Å². The van der Waals surface area contributed by atoms with Crippen molar-refractivity contribution in [3.63, 3.8) is 0 Å². The average Bonchev–Trinajstić information content (AvgIpc) is 3.12. The molecule has 0 radical (unpaired) electrons. The van der Waals surface area contributed by atoms with Crippen LogP contribution in [-0.2, 0) is 11.5 Å². The maximum Gasteiger partial charge on any atom is 0.145 e. The van der Waals surface area contributed by atoms with Crippen molar-refractivity contribution in [2.24, 2.45) is 0 Å². The Morgan fingerprint density at radius 2 is 2.14 bits per heavy atom. The largest absolute Gasteiger partial charge is 0.361 e.